The number of hydrogen-bond donors (Lipinski definition) is 1. The highest BCUT2D eigenvalue weighted by molar-refractivity contribution is 6.03. The minimum absolute atomic E-state index is 0.749. The first-order valence-electron chi connectivity index (χ1n) is 7.78. The molecule has 0 radical (unpaired) electrons. The van der Waals surface area contributed by atoms with Crippen molar-refractivity contribution in [1.82, 2.24) is 0 Å². The third kappa shape index (κ3) is 3.93. The van der Waals surface area contributed by atoms with E-state index in [4.69, 9.17) is 9.84 Å². The van der Waals surface area contributed by atoms with Gasteiger partial charge in [-0.2, -0.15) is 0 Å². The van der Waals surface area contributed by atoms with Crippen molar-refractivity contribution in [2.45, 2.75) is 0 Å². The van der Waals surface area contributed by atoms with Crippen molar-refractivity contribution in [3.05, 3.63) is 77.9 Å². The summed E-state index contributed by atoms with van der Waals surface area (Å²) in [4.78, 5) is 15.2. The third-order valence-corrected chi connectivity index (χ3v) is 3.76. The second-order valence-electron chi connectivity index (χ2n) is 5.43. The Hall–Kier alpha value is -3.40. The summed E-state index contributed by atoms with van der Waals surface area (Å²) >= 11 is 0. The van der Waals surface area contributed by atoms with Crippen LogP contribution in [-0.4, -0.2) is 24.4 Å². The van der Waals surface area contributed by atoms with E-state index in [0.717, 1.165) is 39.4 Å². The Morgan fingerprint density at radius 1 is 1.08 bits per heavy atom. The lowest BCUT2D eigenvalue weighted by molar-refractivity contribution is -0.131. The maximum absolute atomic E-state index is 10.6. The van der Waals surface area contributed by atoms with Crippen molar-refractivity contribution < 1.29 is 14.6 Å². The molecule has 0 spiro atoms. The van der Waals surface area contributed by atoms with Crippen LogP contribution < -0.4 is 4.74 Å². The lowest BCUT2D eigenvalue weighted by Crippen LogP contribution is -1.90. The SMILES string of the molecule is COc1cccc2cccc(C=Nc3cccc(C=CC(=O)O)c3)c12. The molecule has 0 fully saturated rings. The molecule has 0 aliphatic carbocycles. The molecule has 0 unspecified atom stereocenters. The fraction of sp³-hybridized carbons (Fsp3) is 0.0476. The normalized spacial score (nSPS) is 11.4. The van der Waals surface area contributed by atoms with Crippen LogP contribution in [0.5, 0.6) is 5.75 Å². The van der Waals surface area contributed by atoms with Crippen LogP contribution in [0, 0.1) is 0 Å². The van der Waals surface area contributed by atoms with Crippen molar-refractivity contribution in [3.8, 4) is 5.75 Å². The van der Waals surface area contributed by atoms with Gasteiger partial charge in [0.25, 0.3) is 0 Å². The Morgan fingerprint density at radius 2 is 1.84 bits per heavy atom. The maximum atomic E-state index is 10.6. The van der Waals surface area contributed by atoms with Gasteiger partial charge in [0.2, 0.25) is 0 Å². The summed E-state index contributed by atoms with van der Waals surface area (Å²) in [5.41, 5.74) is 2.49. The summed E-state index contributed by atoms with van der Waals surface area (Å²) in [5.74, 6) is -0.172. The zero-order chi connectivity index (χ0) is 17.6. The number of benzene rings is 3. The molecule has 0 saturated heterocycles. The molecule has 3 aromatic rings. The summed E-state index contributed by atoms with van der Waals surface area (Å²) in [6, 6.07) is 19.3. The number of nitrogens with zero attached hydrogens (tertiary/aromatic N) is 1. The van der Waals surface area contributed by atoms with Crippen LogP contribution in [0.2, 0.25) is 0 Å². The van der Waals surface area contributed by atoms with Crippen LogP contribution in [0.25, 0.3) is 16.8 Å². The lowest BCUT2D eigenvalue weighted by atomic mass is 10.0. The van der Waals surface area contributed by atoms with Gasteiger partial charge in [-0.05, 0) is 35.2 Å². The predicted molar refractivity (Wildman–Crippen MR) is 101 cm³/mol. The van der Waals surface area contributed by atoms with E-state index in [1.807, 2.05) is 60.7 Å². The number of hydrogen-bond acceptors (Lipinski definition) is 3. The first kappa shape index (κ1) is 16.5. The van der Waals surface area contributed by atoms with Gasteiger partial charge in [-0.25, -0.2) is 4.79 Å². The first-order chi connectivity index (χ1) is 12.2. The van der Waals surface area contributed by atoms with Crippen LogP contribution in [0.4, 0.5) is 5.69 Å². The maximum Gasteiger partial charge on any atom is 0.328 e. The van der Waals surface area contributed by atoms with Crippen LogP contribution >= 0.6 is 0 Å². The Kier molecular flexibility index (Phi) is 4.90. The molecule has 3 aromatic carbocycles. The number of aliphatic carboxylic acids is 1. The molecule has 0 bridgehead atoms. The molecule has 1 N–H and O–H groups in total. The van der Waals surface area contributed by atoms with Gasteiger partial charge in [-0.1, -0.05) is 42.5 Å². The van der Waals surface area contributed by atoms with Crippen LogP contribution in [0.15, 0.2) is 71.7 Å². The fourth-order valence-corrected chi connectivity index (χ4v) is 2.63. The van der Waals surface area contributed by atoms with Gasteiger partial charge >= 0.3 is 5.97 Å². The number of methoxy groups -OCH3 is 1. The summed E-state index contributed by atoms with van der Waals surface area (Å²) in [5, 5.41) is 10.8. The summed E-state index contributed by atoms with van der Waals surface area (Å²) < 4.78 is 5.47. The number of ether oxygens (including phenoxy) is 1. The molecule has 4 heteroatoms. The summed E-state index contributed by atoms with van der Waals surface area (Å²) in [6.45, 7) is 0. The molecule has 0 aliphatic rings. The van der Waals surface area contributed by atoms with E-state index in [2.05, 4.69) is 4.99 Å². The minimum atomic E-state index is -0.975. The largest absolute Gasteiger partial charge is 0.496 e. The molecule has 0 saturated carbocycles. The second-order valence-corrected chi connectivity index (χ2v) is 5.43. The molecule has 4 nitrogen and oxygen atoms in total. The molecule has 0 amide bonds. The van der Waals surface area contributed by atoms with Gasteiger partial charge in [0.05, 0.1) is 12.8 Å². The van der Waals surface area contributed by atoms with E-state index < -0.39 is 5.97 Å². The smallest absolute Gasteiger partial charge is 0.328 e. The molecule has 0 aliphatic heterocycles. The zero-order valence-corrected chi connectivity index (χ0v) is 13.7. The molecule has 0 heterocycles. The Morgan fingerprint density at radius 3 is 2.60 bits per heavy atom. The van der Waals surface area contributed by atoms with Gasteiger partial charge < -0.3 is 9.84 Å². The molecule has 0 aromatic heterocycles. The molecule has 3 rings (SSSR count). The van der Waals surface area contributed by atoms with Gasteiger partial charge in [-0.3, -0.25) is 4.99 Å². The second kappa shape index (κ2) is 7.45. The Labute approximate surface area is 145 Å². The van der Waals surface area contributed by atoms with Gasteiger partial charge in [0.15, 0.2) is 0 Å². The summed E-state index contributed by atoms with van der Waals surface area (Å²) in [6.07, 6.45) is 4.45. The average Bonchev–Trinajstić information content (AvgIpc) is 2.64. The van der Waals surface area contributed by atoms with Crippen molar-refractivity contribution in [1.29, 1.82) is 0 Å². The number of carboxylic acids is 1. The van der Waals surface area contributed by atoms with Crippen LogP contribution in [0.3, 0.4) is 0 Å². The highest BCUT2D eigenvalue weighted by atomic mass is 16.5. The Balaban J connectivity index is 1.96. The summed E-state index contributed by atoms with van der Waals surface area (Å²) in [7, 11) is 1.65. The van der Waals surface area contributed by atoms with E-state index in [1.54, 1.807) is 19.4 Å². The molecule has 124 valence electrons. The van der Waals surface area contributed by atoms with Crippen LogP contribution in [-0.2, 0) is 4.79 Å². The van der Waals surface area contributed by atoms with E-state index >= 15 is 0 Å². The third-order valence-electron chi connectivity index (χ3n) is 3.76. The molecular weight excluding hydrogens is 314 g/mol. The number of aliphatic imine (C=N–C) groups is 1. The first-order valence-corrected chi connectivity index (χ1v) is 7.78. The number of fused-ring (bicyclic) bond motifs is 1. The standard InChI is InChI=1S/C21H17NO3/c1-25-19-10-4-7-16-6-3-8-17(21(16)19)14-22-18-9-2-5-15(13-18)11-12-20(23)24/h2-14H,1H3,(H,23,24). The molecule has 0 atom stereocenters. The highest BCUT2D eigenvalue weighted by Crippen LogP contribution is 2.28. The van der Waals surface area contributed by atoms with Gasteiger partial charge in [-0.15, -0.1) is 0 Å². The zero-order valence-electron chi connectivity index (χ0n) is 13.7. The minimum Gasteiger partial charge on any atom is -0.496 e. The van der Waals surface area contributed by atoms with E-state index in [0.29, 0.717) is 0 Å². The van der Waals surface area contributed by atoms with E-state index in [-0.39, 0.29) is 0 Å². The topological polar surface area (TPSA) is 58.9 Å². The molecule has 25 heavy (non-hydrogen) atoms. The molecular formula is C21H17NO3. The Bertz CT molecular complexity index is 969. The lowest BCUT2D eigenvalue weighted by Gasteiger charge is -2.07. The average molecular weight is 331 g/mol. The quantitative estimate of drug-likeness (QED) is 0.545. The van der Waals surface area contributed by atoms with Crippen molar-refractivity contribution in [3.63, 3.8) is 0 Å². The van der Waals surface area contributed by atoms with Gasteiger partial charge in [0, 0.05) is 23.2 Å². The highest BCUT2D eigenvalue weighted by Gasteiger charge is 2.05. The van der Waals surface area contributed by atoms with E-state index in [9.17, 15) is 4.79 Å². The van der Waals surface area contributed by atoms with Crippen molar-refractivity contribution in [2.75, 3.05) is 7.11 Å². The predicted octanol–water partition coefficient (Wildman–Crippen LogP) is 4.70. The van der Waals surface area contributed by atoms with Crippen molar-refractivity contribution in [2.24, 2.45) is 4.99 Å². The monoisotopic (exact) mass is 331 g/mol. The van der Waals surface area contributed by atoms with Crippen molar-refractivity contribution >= 4 is 34.7 Å². The van der Waals surface area contributed by atoms with E-state index in [1.165, 1.54) is 0 Å². The number of carboxylic acid groups (broad SMARTS) is 1. The van der Waals surface area contributed by atoms with Crippen LogP contribution in [0.1, 0.15) is 11.1 Å². The number of carbonyl (C=O) groups is 1. The van der Waals surface area contributed by atoms with Gasteiger partial charge in [0.1, 0.15) is 5.75 Å². The fourth-order valence-electron chi connectivity index (χ4n) is 2.63. The number of rotatable bonds is 5.